The lowest BCUT2D eigenvalue weighted by Crippen LogP contribution is -2.25. The molecule has 0 fully saturated rings. The highest BCUT2D eigenvalue weighted by atomic mass is 19.1. The van der Waals surface area contributed by atoms with E-state index in [1.807, 2.05) is 12.1 Å². The van der Waals surface area contributed by atoms with Gasteiger partial charge in [-0.25, -0.2) is 4.39 Å². The summed E-state index contributed by atoms with van der Waals surface area (Å²) in [6.45, 7) is 3.72. The van der Waals surface area contributed by atoms with Gasteiger partial charge >= 0.3 is 0 Å². The Hall–Kier alpha value is -6.43. The molecular formula is C35H34FN9O5. The Kier molecular flexibility index (Phi) is 9.35. The smallest absolute Gasteiger partial charge is 0.271 e. The molecule has 6 aromatic rings. The van der Waals surface area contributed by atoms with Crippen molar-refractivity contribution in [3.63, 3.8) is 0 Å². The number of fused-ring (bicyclic) bond motifs is 1. The average molecular weight is 680 g/mol. The number of aromatic hydroxyl groups is 1. The monoisotopic (exact) mass is 679 g/mol. The van der Waals surface area contributed by atoms with Crippen molar-refractivity contribution in [1.82, 2.24) is 39.2 Å². The van der Waals surface area contributed by atoms with Crippen molar-refractivity contribution < 1.29 is 28.5 Å². The molecule has 0 aliphatic heterocycles. The zero-order valence-corrected chi connectivity index (χ0v) is 28.1. The maximum Gasteiger partial charge on any atom is 0.271 e. The molecule has 0 saturated carbocycles. The fraction of sp³-hybridized carbons (Fsp3) is 0.257. The van der Waals surface area contributed by atoms with Gasteiger partial charge in [0.15, 0.2) is 23.2 Å². The number of nitrogens with one attached hydrogen (secondary N) is 1. The summed E-state index contributed by atoms with van der Waals surface area (Å²) >= 11 is 0. The number of halogens is 1. The number of hydrogen-bond donors (Lipinski definition) is 2. The number of methoxy groups -OCH3 is 3. The normalized spacial score (nSPS) is 11.1. The highest BCUT2D eigenvalue weighted by Gasteiger charge is 2.31. The van der Waals surface area contributed by atoms with Crippen LogP contribution in [0.4, 0.5) is 4.39 Å². The van der Waals surface area contributed by atoms with Crippen LogP contribution in [0.25, 0.3) is 28.4 Å². The van der Waals surface area contributed by atoms with Crippen LogP contribution in [0.3, 0.4) is 0 Å². The molecular weight excluding hydrogens is 645 g/mol. The lowest BCUT2D eigenvalue weighted by Gasteiger charge is -2.12. The average Bonchev–Trinajstić information content (AvgIpc) is 3.74. The summed E-state index contributed by atoms with van der Waals surface area (Å²) < 4.78 is 37.6. The molecule has 0 unspecified atom stereocenters. The van der Waals surface area contributed by atoms with Crippen LogP contribution in [0.1, 0.15) is 39.4 Å². The lowest BCUT2D eigenvalue weighted by molar-refractivity contribution is 0.0940. The highest BCUT2D eigenvalue weighted by molar-refractivity contribution is 5.98. The number of aromatic nitrogens is 7. The van der Waals surface area contributed by atoms with Crippen molar-refractivity contribution in [2.24, 2.45) is 0 Å². The number of carbonyl (C=O) groups excluding carboxylic acids is 1. The molecule has 0 atom stereocenters. The van der Waals surface area contributed by atoms with E-state index in [1.165, 1.54) is 22.4 Å². The molecule has 256 valence electrons. The summed E-state index contributed by atoms with van der Waals surface area (Å²) in [5, 5.41) is 36.5. The molecule has 14 nitrogen and oxygen atoms in total. The van der Waals surface area contributed by atoms with Crippen molar-refractivity contribution in [2.45, 2.75) is 39.9 Å². The van der Waals surface area contributed by atoms with Gasteiger partial charge in [-0.3, -0.25) is 14.5 Å². The van der Waals surface area contributed by atoms with Crippen LogP contribution >= 0.6 is 0 Å². The van der Waals surface area contributed by atoms with Gasteiger partial charge in [0, 0.05) is 24.4 Å². The number of nitrogens with zero attached hydrogens (tertiary/aromatic N) is 8. The molecule has 4 aromatic heterocycles. The third kappa shape index (κ3) is 6.14. The first-order valence-corrected chi connectivity index (χ1v) is 15.5. The Morgan fingerprint density at radius 2 is 1.74 bits per heavy atom. The first kappa shape index (κ1) is 33.5. The largest absolute Gasteiger partial charge is 0.504 e. The zero-order chi connectivity index (χ0) is 35.5. The van der Waals surface area contributed by atoms with Crippen LogP contribution in [0, 0.1) is 31.0 Å². The third-order valence-corrected chi connectivity index (χ3v) is 8.26. The number of rotatable bonds is 12. The van der Waals surface area contributed by atoms with Gasteiger partial charge in [-0.15, -0.1) is 10.2 Å². The van der Waals surface area contributed by atoms with Crippen molar-refractivity contribution in [1.29, 1.82) is 5.26 Å². The van der Waals surface area contributed by atoms with Crippen molar-refractivity contribution in [3.05, 3.63) is 88.9 Å². The van der Waals surface area contributed by atoms with Crippen LogP contribution in [-0.4, -0.2) is 66.3 Å². The fourth-order valence-electron chi connectivity index (χ4n) is 5.74. The third-order valence-electron chi connectivity index (χ3n) is 8.26. The van der Waals surface area contributed by atoms with E-state index in [4.69, 9.17) is 14.2 Å². The molecule has 4 heterocycles. The zero-order valence-electron chi connectivity index (χ0n) is 28.1. The van der Waals surface area contributed by atoms with Gasteiger partial charge in [0.25, 0.3) is 5.91 Å². The minimum atomic E-state index is -0.843. The maximum atomic E-state index is 16.9. The van der Waals surface area contributed by atoms with Crippen LogP contribution < -0.4 is 19.5 Å². The predicted octanol–water partition coefficient (Wildman–Crippen LogP) is 4.84. The molecule has 15 heteroatoms. The van der Waals surface area contributed by atoms with Crippen LogP contribution in [0.2, 0.25) is 0 Å². The molecule has 2 N–H and O–H groups in total. The van der Waals surface area contributed by atoms with E-state index in [0.717, 1.165) is 5.56 Å². The van der Waals surface area contributed by atoms with Gasteiger partial charge in [-0.1, -0.05) is 12.1 Å². The molecule has 6 rings (SSSR count). The number of benzene rings is 2. The fourth-order valence-corrected chi connectivity index (χ4v) is 5.74. The summed E-state index contributed by atoms with van der Waals surface area (Å²) in [6, 6.07) is 14.5. The minimum absolute atomic E-state index is 0.0174. The van der Waals surface area contributed by atoms with E-state index in [9.17, 15) is 15.2 Å². The number of ether oxygens (including phenoxy) is 3. The molecule has 0 aliphatic rings. The first-order chi connectivity index (χ1) is 24.2. The van der Waals surface area contributed by atoms with Gasteiger partial charge in [-0.2, -0.15) is 10.4 Å². The number of carbonyl (C=O) groups is 1. The molecule has 0 saturated heterocycles. The lowest BCUT2D eigenvalue weighted by atomic mass is 10.1. The van der Waals surface area contributed by atoms with Gasteiger partial charge in [0.2, 0.25) is 0 Å². The first-order valence-electron chi connectivity index (χ1n) is 15.5. The topological polar surface area (TPSA) is 167 Å². The molecule has 2 aromatic carbocycles. The number of hydrogen-bond acceptors (Lipinski definition) is 10. The van der Waals surface area contributed by atoms with Crippen LogP contribution in [-0.2, 0) is 19.6 Å². The van der Waals surface area contributed by atoms with Gasteiger partial charge < -0.3 is 33.6 Å². The van der Waals surface area contributed by atoms with Gasteiger partial charge in [0.1, 0.15) is 34.3 Å². The quantitative estimate of drug-likeness (QED) is 0.183. The standard InChI is InChI=1S/C35H34FN9O5/c1-20-18-43-26(17-38-20)28(29(36)30(43)35(47)39-16-23-9-12-25(49-4)15-27(23)50-5)33-40-41-34(31-32(46)21(2)42-45(31)14-6-13-37)44(33)19-22-7-10-24(48-3)11-8-22/h7-12,15,17-18,46H,6,14,16,19H2,1-5H3,(H,39,47). The Labute approximate surface area is 286 Å². The Balaban J connectivity index is 1.50. The summed E-state index contributed by atoms with van der Waals surface area (Å²) in [4.78, 5) is 18.2. The second-order valence-corrected chi connectivity index (χ2v) is 11.4. The van der Waals surface area contributed by atoms with E-state index in [-0.39, 0.29) is 65.9 Å². The van der Waals surface area contributed by atoms with E-state index in [1.54, 1.807) is 69.2 Å². The van der Waals surface area contributed by atoms with Crippen LogP contribution in [0.15, 0.2) is 54.9 Å². The van der Waals surface area contributed by atoms with E-state index >= 15 is 4.39 Å². The van der Waals surface area contributed by atoms with Gasteiger partial charge in [0.05, 0.1) is 69.9 Å². The molecule has 0 spiro atoms. The van der Waals surface area contributed by atoms with Crippen LogP contribution in [0.5, 0.6) is 23.0 Å². The molecule has 50 heavy (non-hydrogen) atoms. The van der Waals surface area contributed by atoms with Gasteiger partial charge in [-0.05, 0) is 43.7 Å². The van der Waals surface area contributed by atoms with E-state index in [0.29, 0.717) is 34.2 Å². The summed E-state index contributed by atoms with van der Waals surface area (Å²) in [5.41, 5.74) is 2.54. The number of aryl methyl sites for hydroxylation is 3. The molecule has 0 radical (unpaired) electrons. The minimum Gasteiger partial charge on any atom is -0.504 e. The van der Waals surface area contributed by atoms with E-state index in [2.05, 4.69) is 31.7 Å². The second-order valence-electron chi connectivity index (χ2n) is 11.4. The SMILES string of the molecule is COc1ccc(Cn2c(-c3c(F)c(C(=O)NCc4ccc(OC)cc4OC)n4cc(C)ncc34)nnc2-c2c(O)c(C)nn2CCC#N)cc1. The molecule has 1 amide bonds. The number of nitriles is 1. The number of amides is 1. The molecule has 0 aliphatic carbocycles. The highest BCUT2D eigenvalue weighted by Crippen LogP contribution is 2.37. The molecule has 0 bridgehead atoms. The van der Waals surface area contributed by atoms with Crippen molar-refractivity contribution >= 4 is 11.4 Å². The second kappa shape index (κ2) is 14.0. The predicted molar refractivity (Wildman–Crippen MR) is 180 cm³/mol. The Bertz CT molecular complexity index is 2250. The van der Waals surface area contributed by atoms with Crippen molar-refractivity contribution in [2.75, 3.05) is 21.3 Å². The Morgan fingerprint density at radius 1 is 1.02 bits per heavy atom. The maximum absolute atomic E-state index is 16.9. The summed E-state index contributed by atoms with van der Waals surface area (Å²) in [6.07, 6.45) is 3.17. The van der Waals surface area contributed by atoms with Crippen molar-refractivity contribution in [3.8, 4) is 52.0 Å². The summed E-state index contributed by atoms with van der Waals surface area (Å²) in [5.74, 6) is 0.323. The Morgan fingerprint density at radius 3 is 2.44 bits per heavy atom. The van der Waals surface area contributed by atoms with E-state index < -0.39 is 11.7 Å². The summed E-state index contributed by atoms with van der Waals surface area (Å²) in [7, 11) is 4.62.